The third-order valence-corrected chi connectivity index (χ3v) is 4.23. The number of hydrogen-bond acceptors (Lipinski definition) is 8. The van der Waals surface area contributed by atoms with E-state index >= 15 is 0 Å². The van der Waals surface area contributed by atoms with Crippen LogP contribution in [-0.4, -0.2) is 39.8 Å². The lowest BCUT2D eigenvalue weighted by molar-refractivity contribution is 0.0835. The first-order valence-electron chi connectivity index (χ1n) is 8.11. The van der Waals surface area contributed by atoms with Crippen LogP contribution in [0.1, 0.15) is 41.9 Å². The van der Waals surface area contributed by atoms with E-state index in [0.29, 0.717) is 18.3 Å². The Hall–Kier alpha value is -2.06. The second-order valence-corrected chi connectivity index (χ2v) is 5.80. The zero-order valence-electron chi connectivity index (χ0n) is 12.9. The summed E-state index contributed by atoms with van der Waals surface area (Å²) in [5.74, 6) is 2.06. The van der Waals surface area contributed by atoms with Crippen LogP contribution in [0.2, 0.25) is 0 Å². The Labute approximate surface area is 134 Å². The van der Waals surface area contributed by atoms with E-state index in [-0.39, 0.29) is 6.10 Å². The van der Waals surface area contributed by atoms with E-state index in [1.165, 1.54) is 5.56 Å². The maximum absolute atomic E-state index is 5.56. The molecule has 0 radical (unpaired) electrons. The highest BCUT2D eigenvalue weighted by atomic mass is 16.5. The summed E-state index contributed by atoms with van der Waals surface area (Å²) in [6, 6.07) is 0. The van der Waals surface area contributed by atoms with Crippen LogP contribution >= 0.6 is 0 Å². The molecule has 2 aliphatic heterocycles. The normalized spacial score (nSPS) is 21.0. The van der Waals surface area contributed by atoms with Crippen molar-refractivity contribution < 1.29 is 9.26 Å². The van der Waals surface area contributed by atoms with Gasteiger partial charge < -0.3 is 19.9 Å². The standard InChI is InChI=1S/C15H20N6O2/c1-2-12(22-7-1)15-20-13(21-23-15)8-17-14-10-3-5-16-6-4-11(10)18-9-19-14/h9,12,16H,1-8H2,(H,17,18,19). The minimum atomic E-state index is -0.0438. The molecule has 2 aliphatic rings. The number of nitrogens with zero attached hydrogens (tertiary/aromatic N) is 4. The molecule has 2 N–H and O–H groups in total. The average molecular weight is 316 g/mol. The van der Waals surface area contributed by atoms with Crippen molar-refractivity contribution in [3.05, 3.63) is 29.3 Å². The zero-order valence-corrected chi connectivity index (χ0v) is 12.9. The molecule has 0 aromatic carbocycles. The van der Waals surface area contributed by atoms with Crippen LogP contribution in [-0.2, 0) is 24.1 Å². The van der Waals surface area contributed by atoms with Crippen LogP contribution in [0.3, 0.4) is 0 Å². The number of nitrogens with one attached hydrogen (secondary N) is 2. The van der Waals surface area contributed by atoms with Gasteiger partial charge in [-0.2, -0.15) is 4.98 Å². The molecule has 0 amide bonds. The minimum Gasteiger partial charge on any atom is -0.368 e. The van der Waals surface area contributed by atoms with Gasteiger partial charge in [-0.1, -0.05) is 5.16 Å². The molecule has 0 bridgehead atoms. The van der Waals surface area contributed by atoms with E-state index in [0.717, 1.165) is 56.9 Å². The number of rotatable bonds is 4. The van der Waals surface area contributed by atoms with Crippen molar-refractivity contribution in [2.75, 3.05) is 25.0 Å². The van der Waals surface area contributed by atoms with Gasteiger partial charge >= 0.3 is 0 Å². The SMILES string of the molecule is c1nc2c(c(NCc3noc(C4CCCO4)n3)n1)CCNCC2. The zero-order chi connectivity index (χ0) is 15.5. The molecule has 8 nitrogen and oxygen atoms in total. The molecule has 0 spiro atoms. The molecule has 4 rings (SSSR count). The van der Waals surface area contributed by atoms with E-state index < -0.39 is 0 Å². The van der Waals surface area contributed by atoms with Crippen LogP contribution < -0.4 is 10.6 Å². The van der Waals surface area contributed by atoms with Gasteiger partial charge in [-0.05, 0) is 25.8 Å². The van der Waals surface area contributed by atoms with Gasteiger partial charge in [0.05, 0.1) is 12.2 Å². The molecule has 0 aliphatic carbocycles. The maximum Gasteiger partial charge on any atom is 0.255 e. The van der Waals surface area contributed by atoms with Crippen molar-refractivity contribution >= 4 is 5.82 Å². The molecule has 1 fully saturated rings. The van der Waals surface area contributed by atoms with Crippen LogP contribution in [0.4, 0.5) is 5.82 Å². The van der Waals surface area contributed by atoms with E-state index in [2.05, 4.69) is 30.7 Å². The van der Waals surface area contributed by atoms with Crippen molar-refractivity contribution in [3.8, 4) is 0 Å². The van der Waals surface area contributed by atoms with Gasteiger partial charge in [0.25, 0.3) is 5.89 Å². The lowest BCUT2D eigenvalue weighted by Gasteiger charge is -2.10. The molecule has 1 saturated heterocycles. The molecule has 0 saturated carbocycles. The van der Waals surface area contributed by atoms with Gasteiger partial charge in [-0.25, -0.2) is 9.97 Å². The summed E-state index contributed by atoms with van der Waals surface area (Å²) >= 11 is 0. The molecule has 2 aromatic heterocycles. The van der Waals surface area contributed by atoms with Crippen molar-refractivity contribution in [1.29, 1.82) is 0 Å². The topological polar surface area (TPSA) is 98.0 Å². The maximum atomic E-state index is 5.56. The van der Waals surface area contributed by atoms with Crippen molar-refractivity contribution in [1.82, 2.24) is 25.4 Å². The Kier molecular flexibility index (Phi) is 4.16. The summed E-state index contributed by atoms with van der Waals surface area (Å²) in [6.45, 7) is 3.15. The third kappa shape index (κ3) is 3.18. The summed E-state index contributed by atoms with van der Waals surface area (Å²) in [6.07, 6.45) is 5.41. The molecular formula is C15H20N6O2. The van der Waals surface area contributed by atoms with Gasteiger partial charge in [-0.15, -0.1) is 0 Å². The van der Waals surface area contributed by atoms with Crippen molar-refractivity contribution in [2.45, 2.75) is 38.3 Å². The Morgan fingerprint density at radius 3 is 3.13 bits per heavy atom. The molecule has 1 unspecified atom stereocenters. The summed E-state index contributed by atoms with van der Waals surface area (Å²) in [4.78, 5) is 13.2. The van der Waals surface area contributed by atoms with E-state index in [1.807, 2.05) is 0 Å². The quantitative estimate of drug-likeness (QED) is 0.862. The highest BCUT2D eigenvalue weighted by molar-refractivity contribution is 5.46. The molecular weight excluding hydrogens is 296 g/mol. The molecule has 23 heavy (non-hydrogen) atoms. The number of anilines is 1. The van der Waals surface area contributed by atoms with E-state index in [9.17, 15) is 0 Å². The predicted octanol–water partition coefficient (Wildman–Crippen LogP) is 1.01. The Bertz CT molecular complexity index is 668. The first kappa shape index (κ1) is 14.5. The summed E-state index contributed by atoms with van der Waals surface area (Å²) in [7, 11) is 0. The summed E-state index contributed by atoms with van der Waals surface area (Å²) in [5.41, 5.74) is 2.29. The number of aromatic nitrogens is 4. The Morgan fingerprint density at radius 1 is 1.26 bits per heavy atom. The van der Waals surface area contributed by atoms with E-state index in [1.54, 1.807) is 6.33 Å². The third-order valence-electron chi connectivity index (χ3n) is 4.23. The first-order chi connectivity index (χ1) is 11.4. The Morgan fingerprint density at radius 2 is 2.22 bits per heavy atom. The van der Waals surface area contributed by atoms with Gasteiger partial charge in [0.15, 0.2) is 5.82 Å². The average Bonchev–Trinajstić information content (AvgIpc) is 3.20. The van der Waals surface area contributed by atoms with Crippen LogP contribution in [0.15, 0.2) is 10.9 Å². The van der Waals surface area contributed by atoms with E-state index in [4.69, 9.17) is 9.26 Å². The second-order valence-electron chi connectivity index (χ2n) is 5.80. The van der Waals surface area contributed by atoms with Crippen LogP contribution in [0, 0.1) is 0 Å². The van der Waals surface area contributed by atoms with Gasteiger partial charge in [0, 0.05) is 25.1 Å². The molecule has 1 atom stereocenters. The van der Waals surface area contributed by atoms with Crippen molar-refractivity contribution in [3.63, 3.8) is 0 Å². The second kappa shape index (κ2) is 6.59. The number of fused-ring (bicyclic) bond motifs is 1. The molecule has 4 heterocycles. The van der Waals surface area contributed by atoms with Crippen molar-refractivity contribution in [2.24, 2.45) is 0 Å². The molecule has 122 valence electrons. The monoisotopic (exact) mass is 316 g/mol. The highest BCUT2D eigenvalue weighted by Gasteiger charge is 2.24. The smallest absolute Gasteiger partial charge is 0.255 e. The highest BCUT2D eigenvalue weighted by Crippen LogP contribution is 2.27. The van der Waals surface area contributed by atoms with Crippen LogP contribution in [0.5, 0.6) is 0 Å². The number of ether oxygens (including phenoxy) is 1. The lowest BCUT2D eigenvalue weighted by Crippen LogP contribution is -2.16. The predicted molar refractivity (Wildman–Crippen MR) is 81.9 cm³/mol. The molecule has 8 heteroatoms. The van der Waals surface area contributed by atoms with Gasteiger partial charge in [-0.3, -0.25) is 0 Å². The van der Waals surface area contributed by atoms with Crippen LogP contribution in [0.25, 0.3) is 0 Å². The summed E-state index contributed by atoms with van der Waals surface area (Å²) in [5, 5.41) is 10.7. The largest absolute Gasteiger partial charge is 0.368 e. The summed E-state index contributed by atoms with van der Waals surface area (Å²) < 4.78 is 10.9. The van der Waals surface area contributed by atoms with Gasteiger partial charge in [0.1, 0.15) is 18.2 Å². The first-order valence-corrected chi connectivity index (χ1v) is 8.11. The fourth-order valence-corrected chi connectivity index (χ4v) is 3.03. The lowest BCUT2D eigenvalue weighted by atomic mass is 10.1. The molecule has 2 aromatic rings. The Balaban J connectivity index is 1.45. The number of hydrogen-bond donors (Lipinski definition) is 2. The fraction of sp³-hybridized carbons (Fsp3) is 0.600. The minimum absolute atomic E-state index is 0.0438. The fourth-order valence-electron chi connectivity index (χ4n) is 3.03. The van der Waals surface area contributed by atoms with Gasteiger partial charge in [0.2, 0.25) is 0 Å².